The Hall–Kier alpha value is -1.62. The third kappa shape index (κ3) is 1.58. The van der Waals surface area contributed by atoms with Gasteiger partial charge in [0.2, 0.25) is 5.91 Å². The predicted octanol–water partition coefficient (Wildman–Crippen LogP) is 2.07. The normalized spacial score (nSPS) is 19.8. The average molecular weight is 247 g/mol. The SMILES string of the molecule is Cc1cccc2c1[nH]c(=S)n2C1CNC(=O)C1. The first-order chi connectivity index (χ1) is 8.16. The summed E-state index contributed by atoms with van der Waals surface area (Å²) in [7, 11) is 0. The number of carbonyl (C=O) groups excluding carboxylic acids is 1. The number of rotatable bonds is 1. The number of H-pyrrole nitrogens is 1. The molecule has 1 amide bonds. The zero-order valence-electron chi connectivity index (χ0n) is 9.49. The Morgan fingerprint density at radius 2 is 2.29 bits per heavy atom. The molecule has 1 aliphatic rings. The summed E-state index contributed by atoms with van der Waals surface area (Å²) in [5.41, 5.74) is 3.32. The molecule has 0 bridgehead atoms. The first-order valence-corrected chi connectivity index (χ1v) is 6.04. The Labute approximate surface area is 104 Å². The second kappa shape index (κ2) is 3.70. The number of carbonyl (C=O) groups is 1. The van der Waals surface area contributed by atoms with Crippen molar-refractivity contribution in [1.82, 2.24) is 14.9 Å². The van der Waals surface area contributed by atoms with Gasteiger partial charge in [-0.05, 0) is 30.8 Å². The molecule has 0 radical (unpaired) electrons. The van der Waals surface area contributed by atoms with Crippen LogP contribution in [0.1, 0.15) is 18.0 Å². The molecule has 2 heterocycles. The summed E-state index contributed by atoms with van der Waals surface area (Å²) < 4.78 is 2.74. The van der Waals surface area contributed by atoms with Crippen molar-refractivity contribution in [3.63, 3.8) is 0 Å². The molecule has 1 fully saturated rings. The molecular weight excluding hydrogens is 234 g/mol. The van der Waals surface area contributed by atoms with Gasteiger partial charge in [-0.2, -0.15) is 0 Å². The number of hydrogen-bond donors (Lipinski definition) is 2. The Kier molecular flexibility index (Phi) is 2.29. The van der Waals surface area contributed by atoms with Crippen LogP contribution in [-0.2, 0) is 4.79 Å². The molecule has 1 unspecified atom stereocenters. The quantitative estimate of drug-likeness (QED) is 0.758. The Morgan fingerprint density at radius 3 is 3.00 bits per heavy atom. The summed E-state index contributed by atoms with van der Waals surface area (Å²) >= 11 is 5.36. The van der Waals surface area contributed by atoms with Gasteiger partial charge < -0.3 is 14.9 Å². The second-order valence-electron chi connectivity index (χ2n) is 4.43. The Bertz CT molecular complexity index is 655. The van der Waals surface area contributed by atoms with Crippen molar-refractivity contribution in [3.05, 3.63) is 28.5 Å². The lowest BCUT2D eigenvalue weighted by atomic mass is 10.2. The van der Waals surface area contributed by atoms with E-state index in [1.807, 2.05) is 12.1 Å². The largest absolute Gasteiger partial charge is 0.354 e. The van der Waals surface area contributed by atoms with Gasteiger partial charge in [-0.15, -0.1) is 0 Å². The lowest BCUT2D eigenvalue weighted by molar-refractivity contribution is -0.119. The van der Waals surface area contributed by atoms with E-state index in [0.717, 1.165) is 11.0 Å². The number of hydrogen-bond acceptors (Lipinski definition) is 2. The summed E-state index contributed by atoms with van der Waals surface area (Å²) in [6, 6.07) is 6.24. The van der Waals surface area contributed by atoms with Crippen LogP contribution in [-0.4, -0.2) is 22.0 Å². The minimum Gasteiger partial charge on any atom is -0.354 e. The summed E-state index contributed by atoms with van der Waals surface area (Å²) in [5.74, 6) is 0.0962. The first kappa shape index (κ1) is 10.5. The third-order valence-corrected chi connectivity index (χ3v) is 3.58. The average Bonchev–Trinajstić information content (AvgIpc) is 2.82. The van der Waals surface area contributed by atoms with Crippen molar-refractivity contribution >= 4 is 29.2 Å². The molecule has 5 heteroatoms. The van der Waals surface area contributed by atoms with Crippen molar-refractivity contribution in [2.75, 3.05) is 6.54 Å². The van der Waals surface area contributed by atoms with Gasteiger partial charge in [0.15, 0.2) is 4.77 Å². The van der Waals surface area contributed by atoms with Gasteiger partial charge in [0.25, 0.3) is 0 Å². The lowest BCUT2D eigenvalue weighted by Gasteiger charge is -2.10. The van der Waals surface area contributed by atoms with Gasteiger partial charge in [0.1, 0.15) is 0 Å². The molecule has 2 aromatic rings. The van der Waals surface area contributed by atoms with Gasteiger partial charge in [-0.25, -0.2) is 0 Å². The van der Waals surface area contributed by atoms with Crippen LogP contribution in [0.25, 0.3) is 11.0 Å². The van der Waals surface area contributed by atoms with Crippen molar-refractivity contribution in [2.45, 2.75) is 19.4 Å². The van der Waals surface area contributed by atoms with Crippen molar-refractivity contribution in [2.24, 2.45) is 0 Å². The van der Waals surface area contributed by atoms with Crippen molar-refractivity contribution in [3.8, 4) is 0 Å². The molecule has 4 nitrogen and oxygen atoms in total. The number of nitrogens with zero attached hydrogens (tertiary/aromatic N) is 1. The van der Waals surface area contributed by atoms with Gasteiger partial charge in [0, 0.05) is 13.0 Å². The molecule has 2 N–H and O–H groups in total. The molecule has 1 aromatic heterocycles. The molecule has 0 aliphatic carbocycles. The van der Waals surface area contributed by atoms with Crippen molar-refractivity contribution in [1.29, 1.82) is 0 Å². The number of aryl methyl sites for hydroxylation is 1. The van der Waals surface area contributed by atoms with E-state index in [4.69, 9.17) is 12.2 Å². The summed E-state index contributed by atoms with van der Waals surface area (Å²) in [6.07, 6.45) is 0.509. The molecule has 17 heavy (non-hydrogen) atoms. The molecule has 1 aromatic carbocycles. The number of para-hydroxylation sites is 1. The van der Waals surface area contributed by atoms with Crippen LogP contribution < -0.4 is 5.32 Å². The molecule has 0 spiro atoms. The van der Waals surface area contributed by atoms with E-state index in [9.17, 15) is 4.79 Å². The number of benzene rings is 1. The summed E-state index contributed by atoms with van der Waals surface area (Å²) in [4.78, 5) is 14.5. The van der Waals surface area contributed by atoms with E-state index < -0.39 is 0 Å². The number of fused-ring (bicyclic) bond motifs is 1. The van der Waals surface area contributed by atoms with Crippen molar-refractivity contribution < 1.29 is 4.79 Å². The van der Waals surface area contributed by atoms with Crippen LogP contribution in [0.4, 0.5) is 0 Å². The van der Waals surface area contributed by atoms with Gasteiger partial charge in [-0.1, -0.05) is 12.1 Å². The summed E-state index contributed by atoms with van der Waals surface area (Å²) in [6.45, 7) is 2.71. The van der Waals surface area contributed by atoms with Crippen LogP contribution in [0.15, 0.2) is 18.2 Å². The summed E-state index contributed by atoms with van der Waals surface area (Å²) in [5, 5.41) is 2.84. The minimum atomic E-state index is 0.0962. The zero-order chi connectivity index (χ0) is 12.0. The number of aromatic nitrogens is 2. The smallest absolute Gasteiger partial charge is 0.222 e. The van der Waals surface area contributed by atoms with E-state index in [1.165, 1.54) is 5.56 Å². The van der Waals surface area contributed by atoms with E-state index in [0.29, 0.717) is 17.7 Å². The van der Waals surface area contributed by atoms with E-state index in [-0.39, 0.29) is 11.9 Å². The molecular formula is C12H13N3OS. The number of amides is 1. The van der Waals surface area contributed by atoms with Gasteiger partial charge in [-0.3, -0.25) is 4.79 Å². The molecule has 3 rings (SSSR count). The van der Waals surface area contributed by atoms with Gasteiger partial charge in [0.05, 0.1) is 17.1 Å². The van der Waals surface area contributed by atoms with E-state index >= 15 is 0 Å². The third-order valence-electron chi connectivity index (χ3n) is 3.28. The monoisotopic (exact) mass is 247 g/mol. The fourth-order valence-corrected chi connectivity index (χ4v) is 2.78. The standard InChI is InChI=1S/C12H13N3OS/c1-7-3-2-4-9-11(7)14-12(17)15(9)8-5-10(16)13-6-8/h2-4,8H,5-6H2,1H3,(H,13,16)(H,14,17). The molecule has 0 saturated carbocycles. The maximum Gasteiger partial charge on any atom is 0.222 e. The highest BCUT2D eigenvalue weighted by Crippen LogP contribution is 2.25. The van der Waals surface area contributed by atoms with Gasteiger partial charge >= 0.3 is 0 Å². The lowest BCUT2D eigenvalue weighted by Crippen LogP contribution is -2.15. The highest BCUT2D eigenvalue weighted by Gasteiger charge is 2.25. The Morgan fingerprint density at radius 1 is 1.47 bits per heavy atom. The molecule has 1 saturated heterocycles. The maximum atomic E-state index is 11.3. The highest BCUT2D eigenvalue weighted by atomic mass is 32.1. The number of imidazole rings is 1. The number of nitrogens with one attached hydrogen (secondary N) is 2. The van der Waals surface area contributed by atoms with Crippen LogP contribution in [0.3, 0.4) is 0 Å². The van der Waals surface area contributed by atoms with E-state index in [1.54, 1.807) is 0 Å². The topological polar surface area (TPSA) is 49.8 Å². The van der Waals surface area contributed by atoms with Crippen LogP contribution in [0.2, 0.25) is 0 Å². The van der Waals surface area contributed by atoms with Crippen LogP contribution in [0.5, 0.6) is 0 Å². The first-order valence-electron chi connectivity index (χ1n) is 5.63. The van der Waals surface area contributed by atoms with Crippen LogP contribution >= 0.6 is 12.2 Å². The molecule has 1 aliphatic heterocycles. The Balaban J connectivity index is 2.22. The fourth-order valence-electron chi connectivity index (χ4n) is 2.43. The van der Waals surface area contributed by atoms with Crippen LogP contribution in [0, 0.1) is 11.7 Å². The zero-order valence-corrected chi connectivity index (χ0v) is 10.3. The molecule has 88 valence electrons. The predicted molar refractivity (Wildman–Crippen MR) is 68.5 cm³/mol. The maximum absolute atomic E-state index is 11.3. The van der Waals surface area contributed by atoms with E-state index in [2.05, 4.69) is 27.9 Å². The number of aromatic amines is 1. The molecule has 1 atom stereocenters. The second-order valence-corrected chi connectivity index (χ2v) is 4.82. The fraction of sp³-hybridized carbons (Fsp3) is 0.333. The minimum absolute atomic E-state index is 0.0962. The highest BCUT2D eigenvalue weighted by molar-refractivity contribution is 7.71.